The molecule has 3 heteroatoms. The monoisotopic (exact) mass is 315 g/mol. The second kappa shape index (κ2) is 4.51. The van der Waals surface area contributed by atoms with E-state index in [0.717, 1.165) is 9.13 Å². The summed E-state index contributed by atoms with van der Waals surface area (Å²) >= 11 is 2.23. The maximum absolute atomic E-state index is 11.8. The molecular formula is C12H14INO. The van der Waals surface area contributed by atoms with E-state index in [-0.39, 0.29) is 5.91 Å². The van der Waals surface area contributed by atoms with E-state index in [1.165, 1.54) is 12.8 Å². The van der Waals surface area contributed by atoms with Crippen molar-refractivity contribution in [1.29, 1.82) is 0 Å². The molecule has 1 aromatic rings. The fourth-order valence-electron chi connectivity index (χ4n) is 1.61. The quantitative estimate of drug-likeness (QED) is 0.854. The molecule has 0 radical (unpaired) electrons. The smallest absolute Gasteiger partial charge is 0.251 e. The van der Waals surface area contributed by atoms with Crippen molar-refractivity contribution in [3.05, 3.63) is 33.4 Å². The third-order valence-electron chi connectivity index (χ3n) is 2.79. The number of amides is 1. The summed E-state index contributed by atoms with van der Waals surface area (Å²) in [6.45, 7) is 2.09. The Balaban J connectivity index is 1.97. The van der Waals surface area contributed by atoms with Crippen LogP contribution in [0, 0.1) is 9.49 Å². The van der Waals surface area contributed by atoms with Crippen LogP contribution >= 0.6 is 22.6 Å². The number of carbonyl (C=O) groups is 1. The molecule has 80 valence electrons. The van der Waals surface area contributed by atoms with Gasteiger partial charge in [-0.25, -0.2) is 0 Å². The Kier molecular flexibility index (Phi) is 3.29. The fraction of sp³-hybridized carbons (Fsp3) is 0.417. The van der Waals surface area contributed by atoms with Crippen molar-refractivity contribution in [3.63, 3.8) is 0 Å². The highest BCUT2D eigenvalue weighted by Crippen LogP contribution is 2.32. The summed E-state index contributed by atoms with van der Waals surface area (Å²) in [5.41, 5.74) is 0.753. The molecule has 0 saturated heterocycles. The molecule has 1 atom stereocenters. The van der Waals surface area contributed by atoms with Crippen LogP contribution in [0.15, 0.2) is 24.3 Å². The van der Waals surface area contributed by atoms with Gasteiger partial charge < -0.3 is 5.32 Å². The van der Waals surface area contributed by atoms with E-state index in [1.54, 1.807) is 0 Å². The Hall–Kier alpha value is -0.580. The third kappa shape index (κ3) is 2.93. The molecular weight excluding hydrogens is 301 g/mol. The van der Waals surface area contributed by atoms with E-state index < -0.39 is 0 Å². The third-order valence-corrected chi connectivity index (χ3v) is 3.51. The summed E-state index contributed by atoms with van der Waals surface area (Å²) in [5, 5.41) is 3.04. The number of halogens is 1. The number of rotatable bonds is 3. The molecule has 1 amide bonds. The number of hydrogen-bond acceptors (Lipinski definition) is 1. The predicted octanol–water partition coefficient (Wildman–Crippen LogP) is 2.82. The van der Waals surface area contributed by atoms with Crippen LogP contribution in [0.2, 0.25) is 0 Å². The van der Waals surface area contributed by atoms with Crippen molar-refractivity contribution in [3.8, 4) is 0 Å². The topological polar surface area (TPSA) is 29.1 Å². The van der Waals surface area contributed by atoms with E-state index in [9.17, 15) is 4.79 Å². The van der Waals surface area contributed by atoms with Crippen LogP contribution in [0.25, 0.3) is 0 Å². The average Bonchev–Trinajstić information content (AvgIpc) is 3.01. The highest BCUT2D eigenvalue weighted by atomic mass is 127. The Morgan fingerprint density at radius 2 is 2.00 bits per heavy atom. The van der Waals surface area contributed by atoms with Gasteiger partial charge in [0.05, 0.1) is 0 Å². The molecule has 0 heterocycles. The van der Waals surface area contributed by atoms with Gasteiger partial charge in [-0.1, -0.05) is 0 Å². The molecule has 1 N–H and O–H groups in total. The van der Waals surface area contributed by atoms with Crippen LogP contribution in [0.3, 0.4) is 0 Å². The van der Waals surface area contributed by atoms with Crippen molar-refractivity contribution < 1.29 is 4.79 Å². The largest absolute Gasteiger partial charge is 0.349 e. The Morgan fingerprint density at radius 3 is 2.53 bits per heavy atom. The lowest BCUT2D eigenvalue weighted by Crippen LogP contribution is -2.33. The molecule has 2 nitrogen and oxygen atoms in total. The zero-order chi connectivity index (χ0) is 10.8. The van der Waals surface area contributed by atoms with E-state index >= 15 is 0 Å². The summed E-state index contributed by atoms with van der Waals surface area (Å²) in [4.78, 5) is 11.8. The van der Waals surface area contributed by atoms with Crippen LogP contribution in [0.4, 0.5) is 0 Å². The zero-order valence-corrected chi connectivity index (χ0v) is 10.8. The highest BCUT2D eigenvalue weighted by Gasteiger charge is 2.28. The second-order valence-electron chi connectivity index (χ2n) is 4.11. The predicted molar refractivity (Wildman–Crippen MR) is 68.8 cm³/mol. The minimum absolute atomic E-state index is 0.0470. The van der Waals surface area contributed by atoms with Crippen molar-refractivity contribution >= 4 is 28.5 Å². The summed E-state index contributed by atoms with van der Waals surface area (Å²) in [7, 11) is 0. The van der Waals surface area contributed by atoms with Crippen molar-refractivity contribution in [1.82, 2.24) is 5.32 Å². The van der Waals surface area contributed by atoms with Crippen LogP contribution in [0.1, 0.15) is 30.1 Å². The molecule has 1 aliphatic carbocycles. The lowest BCUT2D eigenvalue weighted by atomic mass is 10.1. The molecule has 1 aromatic carbocycles. The van der Waals surface area contributed by atoms with Gasteiger partial charge in [0.15, 0.2) is 0 Å². The molecule has 1 saturated carbocycles. The first-order valence-electron chi connectivity index (χ1n) is 5.23. The molecule has 2 rings (SSSR count). The standard InChI is InChI=1S/C12H14INO/c1-8(9-2-3-9)14-12(15)10-4-6-11(13)7-5-10/h4-9H,2-3H2,1H3,(H,14,15). The van der Waals surface area contributed by atoms with Crippen molar-refractivity contribution in [2.75, 3.05) is 0 Å². The summed E-state index contributed by atoms with van der Waals surface area (Å²) in [5.74, 6) is 0.753. The highest BCUT2D eigenvalue weighted by molar-refractivity contribution is 14.1. The van der Waals surface area contributed by atoms with E-state index in [4.69, 9.17) is 0 Å². The van der Waals surface area contributed by atoms with Gasteiger partial charge in [0, 0.05) is 15.2 Å². The summed E-state index contributed by atoms with van der Waals surface area (Å²) in [6.07, 6.45) is 2.52. The maximum Gasteiger partial charge on any atom is 0.251 e. The first-order chi connectivity index (χ1) is 7.16. The molecule has 0 bridgehead atoms. The molecule has 1 unspecified atom stereocenters. The molecule has 1 fully saturated rings. The fourth-order valence-corrected chi connectivity index (χ4v) is 1.97. The SMILES string of the molecule is CC(NC(=O)c1ccc(I)cc1)C1CC1. The minimum Gasteiger partial charge on any atom is -0.349 e. The first kappa shape index (κ1) is 10.9. The Bertz CT molecular complexity index is 356. The summed E-state index contributed by atoms with van der Waals surface area (Å²) < 4.78 is 1.15. The van der Waals surface area contributed by atoms with Crippen molar-refractivity contribution in [2.45, 2.75) is 25.8 Å². The molecule has 1 aliphatic rings. The molecule has 0 aromatic heterocycles. The van der Waals surface area contributed by atoms with Crippen molar-refractivity contribution in [2.24, 2.45) is 5.92 Å². The van der Waals surface area contributed by atoms with Crippen LogP contribution < -0.4 is 5.32 Å². The lowest BCUT2D eigenvalue weighted by molar-refractivity contribution is 0.0936. The number of hydrogen-bond donors (Lipinski definition) is 1. The van der Waals surface area contributed by atoms with Gasteiger partial charge in [-0.3, -0.25) is 4.79 Å². The van der Waals surface area contributed by atoms with Gasteiger partial charge in [0.1, 0.15) is 0 Å². The number of benzene rings is 1. The minimum atomic E-state index is 0.0470. The van der Waals surface area contributed by atoms with Crippen LogP contribution in [-0.2, 0) is 0 Å². The van der Waals surface area contributed by atoms with Crippen LogP contribution in [0.5, 0.6) is 0 Å². The second-order valence-corrected chi connectivity index (χ2v) is 5.35. The summed E-state index contributed by atoms with van der Waals surface area (Å²) in [6, 6.07) is 7.97. The van der Waals surface area contributed by atoms with E-state index in [1.807, 2.05) is 24.3 Å². The maximum atomic E-state index is 11.8. The normalized spacial score (nSPS) is 17.2. The molecule has 0 aliphatic heterocycles. The van der Waals surface area contributed by atoms with E-state index in [2.05, 4.69) is 34.8 Å². The van der Waals surface area contributed by atoms with Gasteiger partial charge in [0.25, 0.3) is 5.91 Å². The molecule has 15 heavy (non-hydrogen) atoms. The van der Waals surface area contributed by atoms with Gasteiger partial charge in [0.2, 0.25) is 0 Å². The number of nitrogens with one attached hydrogen (secondary N) is 1. The lowest BCUT2D eigenvalue weighted by Gasteiger charge is -2.12. The van der Waals surface area contributed by atoms with Gasteiger partial charge in [-0.05, 0) is 72.5 Å². The van der Waals surface area contributed by atoms with Gasteiger partial charge >= 0.3 is 0 Å². The Labute approximate surface area is 104 Å². The Morgan fingerprint density at radius 1 is 1.40 bits per heavy atom. The molecule has 0 spiro atoms. The van der Waals surface area contributed by atoms with E-state index in [0.29, 0.717) is 12.0 Å². The van der Waals surface area contributed by atoms with Gasteiger partial charge in [-0.15, -0.1) is 0 Å². The zero-order valence-electron chi connectivity index (χ0n) is 8.66. The first-order valence-corrected chi connectivity index (χ1v) is 6.31. The average molecular weight is 315 g/mol. The number of carbonyl (C=O) groups excluding carboxylic acids is 1. The van der Waals surface area contributed by atoms with Crippen LogP contribution in [-0.4, -0.2) is 11.9 Å². The van der Waals surface area contributed by atoms with Gasteiger partial charge in [-0.2, -0.15) is 0 Å².